The Morgan fingerprint density at radius 2 is 1.91 bits per heavy atom. The second-order valence-corrected chi connectivity index (χ2v) is 10.1. The number of nitrogens with zero attached hydrogens (tertiary/aromatic N) is 1. The van der Waals surface area contributed by atoms with E-state index in [2.05, 4.69) is 21.7 Å². The zero-order chi connectivity index (χ0) is 24.0. The van der Waals surface area contributed by atoms with E-state index < -0.39 is 23.6 Å². The maximum absolute atomic E-state index is 13.5. The lowest BCUT2D eigenvalue weighted by Gasteiger charge is -2.20. The number of carbonyl (C=O) groups excluding carboxylic acids is 3. The van der Waals surface area contributed by atoms with Crippen molar-refractivity contribution >= 4 is 28.5 Å². The Morgan fingerprint density at radius 3 is 2.56 bits per heavy atom. The van der Waals surface area contributed by atoms with E-state index in [9.17, 15) is 28.4 Å². The zero-order valence-electron chi connectivity index (χ0n) is 18.6. The fraction of sp³-hybridized carbons (Fsp3) is 0.520. The first-order valence-corrected chi connectivity index (χ1v) is 11.8. The summed E-state index contributed by atoms with van der Waals surface area (Å²) < 4.78 is 27.0. The monoisotopic (exact) mass is 468 g/mol. The lowest BCUT2D eigenvalue weighted by Crippen LogP contribution is -2.40. The molecule has 3 atom stereocenters. The summed E-state index contributed by atoms with van der Waals surface area (Å²) in [4.78, 5) is 41.1. The first-order chi connectivity index (χ1) is 16.2. The van der Waals surface area contributed by atoms with Gasteiger partial charge in [-0.15, -0.1) is 0 Å². The number of amides is 2. The second kappa shape index (κ2) is 8.49. The molecule has 3 fully saturated rings. The first kappa shape index (κ1) is 22.5. The Hall–Kier alpha value is -3.28. The topological polar surface area (TPSA) is 115 Å². The molecule has 1 aromatic carbocycles. The Kier molecular flexibility index (Phi) is 5.62. The van der Waals surface area contributed by atoms with Crippen LogP contribution in [0.3, 0.4) is 0 Å². The molecular formula is C25H26F2N4O3. The minimum absolute atomic E-state index is 0.0663. The first-order valence-electron chi connectivity index (χ1n) is 11.8. The number of Topliss-reactive ketones (excluding diaryl/α,β-unsaturated/α-hetero) is 1. The van der Waals surface area contributed by atoms with Crippen molar-refractivity contribution < 1.29 is 23.2 Å². The standard InChI is InChI=1S/C25H26F2N4O3/c26-18-7-14-8-21(30-20(14)10-19(18)27)22(32)9-15(5-13-1-2-13)23(33)29-17(12-28)6-16-11-25(3-4-25)31-24(16)34/h7-8,10,13,15-17,30H,1-6,9,11H2,(H,29,33)(H,31,34). The van der Waals surface area contributed by atoms with Crippen LogP contribution in [-0.4, -0.2) is 34.2 Å². The van der Waals surface area contributed by atoms with Gasteiger partial charge in [-0.05, 0) is 50.2 Å². The highest BCUT2D eigenvalue weighted by Crippen LogP contribution is 2.46. The Bertz CT molecular complexity index is 1170. The SMILES string of the molecule is N#CC(CC1CC2(CC2)NC1=O)NC(=O)C(CC(=O)c1cc2cc(F)c(F)cc2[nH]1)CC1CC1. The van der Waals surface area contributed by atoms with Crippen molar-refractivity contribution in [3.63, 3.8) is 0 Å². The molecule has 178 valence electrons. The van der Waals surface area contributed by atoms with E-state index in [1.54, 1.807) is 0 Å². The van der Waals surface area contributed by atoms with Crippen LogP contribution in [-0.2, 0) is 9.59 Å². The van der Waals surface area contributed by atoms with Gasteiger partial charge in [-0.25, -0.2) is 8.78 Å². The third kappa shape index (κ3) is 4.67. The normalized spacial score (nSPS) is 22.3. The smallest absolute Gasteiger partial charge is 0.224 e. The molecule has 3 N–H and O–H groups in total. The molecule has 5 rings (SSSR count). The lowest BCUT2D eigenvalue weighted by molar-refractivity contribution is -0.127. The molecule has 1 aliphatic heterocycles. The number of fused-ring (bicyclic) bond motifs is 1. The lowest BCUT2D eigenvalue weighted by atomic mass is 9.92. The van der Waals surface area contributed by atoms with Crippen molar-refractivity contribution in [2.75, 3.05) is 0 Å². The highest BCUT2D eigenvalue weighted by Gasteiger charge is 2.52. The number of nitrogens with one attached hydrogen (secondary N) is 3. The number of rotatable bonds is 9. The fourth-order valence-corrected chi connectivity index (χ4v) is 5.02. The van der Waals surface area contributed by atoms with Crippen molar-refractivity contribution in [3.8, 4) is 6.07 Å². The van der Waals surface area contributed by atoms with E-state index in [1.807, 2.05) is 0 Å². The van der Waals surface area contributed by atoms with Crippen LogP contribution in [0.1, 0.15) is 61.9 Å². The molecule has 0 bridgehead atoms. The van der Waals surface area contributed by atoms with Gasteiger partial charge < -0.3 is 15.6 Å². The van der Waals surface area contributed by atoms with E-state index in [4.69, 9.17) is 0 Å². The van der Waals surface area contributed by atoms with Gasteiger partial charge in [0.15, 0.2) is 17.4 Å². The van der Waals surface area contributed by atoms with E-state index in [-0.39, 0.29) is 47.6 Å². The molecule has 0 radical (unpaired) electrons. The maximum Gasteiger partial charge on any atom is 0.224 e. The molecule has 2 aliphatic carbocycles. The van der Waals surface area contributed by atoms with Crippen LogP contribution in [0.25, 0.3) is 10.9 Å². The van der Waals surface area contributed by atoms with Crippen LogP contribution < -0.4 is 10.6 Å². The summed E-state index contributed by atoms with van der Waals surface area (Å²) >= 11 is 0. The zero-order valence-corrected chi connectivity index (χ0v) is 18.6. The Labute approximate surface area is 195 Å². The average molecular weight is 469 g/mol. The summed E-state index contributed by atoms with van der Waals surface area (Å²) in [5.74, 6) is -3.34. The Morgan fingerprint density at radius 1 is 1.18 bits per heavy atom. The number of ketones is 1. The van der Waals surface area contributed by atoms with E-state index in [0.717, 1.165) is 37.8 Å². The number of hydrogen-bond donors (Lipinski definition) is 3. The molecule has 34 heavy (non-hydrogen) atoms. The van der Waals surface area contributed by atoms with Crippen LogP contribution in [0, 0.1) is 40.7 Å². The van der Waals surface area contributed by atoms with Gasteiger partial charge in [0.2, 0.25) is 11.8 Å². The van der Waals surface area contributed by atoms with Crippen LogP contribution in [0.2, 0.25) is 0 Å². The number of hydrogen-bond acceptors (Lipinski definition) is 4. The molecule has 3 unspecified atom stereocenters. The minimum atomic E-state index is -1.01. The summed E-state index contributed by atoms with van der Waals surface area (Å²) in [6.07, 6.45) is 5.29. The molecule has 1 saturated heterocycles. The summed E-state index contributed by atoms with van der Waals surface area (Å²) in [5, 5.41) is 15.7. The predicted molar refractivity (Wildman–Crippen MR) is 118 cm³/mol. The summed E-state index contributed by atoms with van der Waals surface area (Å²) in [5.41, 5.74) is 0.388. The Balaban J connectivity index is 1.25. The molecular weight excluding hydrogens is 442 g/mol. The molecule has 2 amide bonds. The molecule has 9 heteroatoms. The molecule has 1 aromatic heterocycles. The maximum atomic E-state index is 13.5. The number of benzene rings is 1. The van der Waals surface area contributed by atoms with E-state index in [1.165, 1.54) is 6.07 Å². The number of carbonyl (C=O) groups is 3. The number of aromatic amines is 1. The molecule has 3 aliphatic rings. The van der Waals surface area contributed by atoms with E-state index in [0.29, 0.717) is 29.7 Å². The van der Waals surface area contributed by atoms with Crippen LogP contribution >= 0.6 is 0 Å². The van der Waals surface area contributed by atoms with Crippen molar-refractivity contribution in [2.45, 2.75) is 62.9 Å². The third-order valence-electron chi connectivity index (χ3n) is 7.32. The quantitative estimate of drug-likeness (QED) is 0.489. The summed E-state index contributed by atoms with van der Waals surface area (Å²) in [6, 6.07) is 4.76. The van der Waals surface area contributed by atoms with Crippen molar-refractivity contribution in [1.82, 2.24) is 15.6 Å². The highest BCUT2D eigenvalue weighted by molar-refractivity contribution is 6.01. The highest BCUT2D eigenvalue weighted by atomic mass is 19.2. The second-order valence-electron chi connectivity index (χ2n) is 10.1. The van der Waals surface area contributed by atoms with Gasteiger partial charge in [0, 0.05) is 40.8 Å². The van der Waals surface area contributed by atoms with Crippen LogP contribution in [0.15, 0.2) is 18.2 Å². The minimum Gasteiger partial charge on any atom is -0.352 e. The number of aromatic nitrogens is 1. The third-order valence-corrected chi connectivity index (χ3v) is 7.32. The fourth-order valence-electron chi connectivity index (χ4n) is 5.02. The average Bonchev–Trinajstić information content (AvgIpc) is 3.69. The molecule has 7 nitrogen and oxygen atoms in total. The molecule has 2 saturated carbocycles. The predicted octanol–water partition coefficient (Wildman–Crippen LogP) is 3.50. The van der Waals surface area contributed by atoms with Crippen LogP contribution in [0.4, 0.5) is 8.78 Å². The summed E-state index contributed by atoms with van der Waals surface area (Å²) in [6.45, 7) is 0. The molecule has 1 spiro atoms. The number of nitriles is 1. The van der Waals surface area contributed by atoms with Gasteiger partial charge in [0.25, 0.3) is 0 Å². The van der Waals surface area contributed by atoms with Crippen molar-refractivity contribution in [3.05, 3.63) is 35.5 Å². The van der Waals surface area contributed by atoms with Gasteiger partial charge in [0.1, 0.15) is 6.04 Å². The van der Waals surface area contributed by atoms with Gasteiger partial charge in [-0.2, -0.15) is 5.26 Å². The number of halogens is 2. The molecule has 2 heterocycles. The molecule has 2 aromatic rings. The largest absolute Gasteiger partial charge is 0.352 e. The van der Waals surface area contributed by atoms with Crippen molar-refractivity contribution in [1.29, 1.82) is 5.26 Å². The van der Waals surface area contributed by atoms with Gasteiger partial charge in [-0.1, -0.05) is 12.8 Å². The number of H-pyrrole nitrogens is 1. The van der Waals surface area contributed by atoms with Gasteiger partial charge in [0.05, 0.1) is 11.8 Å². The van der Waals surface area contributed by atoms with Crippen molar-refractivity contribution in [2.24, 2.45) is 17.8 Å². The van der Waals surface area contributed by atoms with E-state index >= 15 is 0 Å². The van der Waals surface area contributed by atoms with Gasteiger partial charge in [-0.3, -0.25) is 14.4 Å². The van der Waals surface area contributed by atoms with Gasteiger partial charge >= 0.3 is 0 Å². The summed E-state index contributed by atoms with van der Waals surface area (Å²) in [7, 11) is 0. The van der Waals surface area contributed by atoms with Crippen LogP contribution in [0.5, 0.6) is 0 Å².